The number of nitrogens with one attached hydrogen (secondary N) is 2. The standard InChI is InChI=1S/C12H20N4O2/c1-8-4-5-14-11(10(8)13)16-9(2)12(17)15-6-7-18-3/h4-5,9H,6-7,13H2,1-3H3,(H,14,16)(H,15,17). The van der Waals surface area contributed by atoms with Crippen molar-refractivity contribution in [1.29, 1.82) is 0 Å². The zero-order chi connectivity index (χ0) is 13.5. The number of ether oxygens (including phenoxy) is 1. The largest absolute Gasteiger partial charge is 0.396 e. The Kier molecular flexibility index (Phi) is 5.38. The minimum Gasteiger partial charge on any atom is -0.396 e. The Morgan fingerprint density at radius 2 is 2.33 bits per heavy atom. The van der Waals surface area contributed by atoms with Crippen molar-refractivity contribution in [3.8, 4) is 0 Å². The molecular formula is C12H20N4O2. The number of nitrogens with zero attached hydrogens (tertiary/aromatic N) is 1. The number of nitrogens with two attached hydrogens (primary N) is 1. The lowest BCUT2D eigenvalue weighted by atomic mass is 10.2. The molecule has 1 atom stereocenters. The highest BCUT2D eigenvalue weighted by molar-refractivity contribution is 5.85. The smallest absolute Gasteiger partial charge is 0.242 e. The summed E-state index contributed by atoms with van der Waals surface area (Å²) < 4.78 is 4.86. The van der Waals surface area contributed by atoms with Gasteiger partial charge in [0.25, 0.3) is 0 Å². The van der Waals surface area contributed by atoms with Crippen molar-refractivity contribution < 1.29 is 9.53 Å². The summed E-state index contributed by atoms with van der Waals surface area (Å²) in [5.74, 6) is 0.416. The molecule has 0 radical (unpaired) electrons. The topological polar surface area (TPSA) is 89.3 Å². The number of rotatable bonds is 6. The van der Waals surface area contributed by atoms with E-state index in [0.29, 0.717) is 24.7 Å². The van der Waals surface area contributed by atoms with Crippen LogP contribution in [0.5, 0.6) is 0 Å². The van der Waals surface area contributed by atoms with Gasteiger partial charge in [-0.05, 0) is 25.5 Å². The van der Waals surface area contributed by atoms with Gasteiger partial charge in [-0.1, -0.05) is 0 Å². The highest BCUT2D eigenvalue weighted by atomic mass is 16.5. The third-order valence-corrected chi connectivity index (χ3v) is 2.56. The minimum absolute atomic E-state index is 0.116. The molecule has 6 heteroatoms. The molecular weight excluding hydrogens is 232 g/mol. The van der Waals surface area contributed by atoms with Gasteiger partial charge in [-0.2, -0.15) is 0 Å². The van der Waals surface area contributed by atoms with Crippen molar-refractivity contribution in [1.82, 2.24) is 10.3 Å². The van der Waals surface area contributed by atoms with Crippen molar-refractivity contribution in [2.24, 2.45) is 0 Å². The van der Waals surface area contributed by atoms with Crippen LogP contribution in [0.2, 0.25) is 0 Å². The van der Waals surface area contributed by atoms with E-state index in [1.807, 2.05) is 13.0 Å². The lowest BCUT2D eigenvalue weighted by molar-refractivity contribution is -0.121. The third-order valence-electron chi connectivity index (χ3n) is 2.56. The van der Waals surface area contributed by atoms with Crippen LogP contribution in [-0.4, -0.2) is 37.2 Å². The third kappa shape index (κ3) is 3.89. The summed E-state index contributed by atoms with van der Waals surface area (Å²) in [4.78, 5) is 15.8. The van der Waals surface area contributed by atoms with Gasteiger partial charge in [0.1, 0.15) is 11.9 Å². The van der Waals surface area contributed by atoms with Gasteiger partial charge in [0.2, 0.25) is 5.91 Å². The van der Waals surface area contributed by atoms with Gasteiger partial charge in [-0.3, -0.25) is 4.79 Å². The fourth-order valence-corrected chi connectivity index (χ4v) is 1.38. The van der Waals surface area contributed by atoms with Crippen LogP contribution >= 0.6 is 0 Å². The zero-order valence-corrected chi connectivity index (χ0v) is 11.0. The minimum atomic E-state index is -0.404. The Morgan fingerprint density at radius 3 is 3.00 bits per heavy atom. The van der Waals surface area contributed by atoms with Crippen LogP contribution in [0.3, 0.4) is 0 Å². The summed E-state index contributed by atoms with van der Waals surface area (Å²) in [6.07, 6.45) is 1.66. The summed E-state index contributed by atoms with van der Waals surface area (Å²) in [6.45, 7) is 4.62. The molecule has 0 spiro atoms. The lowest BCUT2D eigenvalue weighted by Gasteiger charge is -2.16. The van der Waals surface area contributed by atoms with E-state index in [2.05, 4.69) is 15.6 Å². The molecule has 1 aromatic rings. The van der Waals surface area contributed by atoms with Gasteiger partial charge in [-0.15, -0.1) is 0 Å². The van der Waals surface area contributed by atoms with E-state index in [4.69, 9.17) is 10.5 Å². The molecule has 100 valence electrons. The normalized spacial score (nSPS) is 11.9. The van der Waals surface area contributed by atoms with Crippen LogP contribution in [0.1, 0.15) is 12.5 Å². The maximum absolute atomic E-state index is 11.7. The van der Waals surface area contributed by atoms with E-state index in [1.165, 1.54) is 0 Å². The van der Waals surface area contributed by atoms with Gasteiger partial charge in [0, 0.05) is 19.9 Å². The number of amides is 1. The molecule has 1 rings (SSSR count). The number of aromatic nitrogens is 1. The number of carbonyl (C=O) groups excluding carboxylic acids is 1. The van der Waals surface area contributed by atoms with Gasteiger partial charge in [0.15, 0.2) is 0 Å². The average molecular weight is 252 g/mol. The first-order chi connectivity index (χ1) is 8.56. The SMILES string of the molecule is COCCNC(=O)C(C)Nc1nccc(C)c1N. The fraction of sp³-hybridized carbons (Fsp3) is 0.500. The number of aryl methyl sites for hydroxylation is 1. The molecule has 0 bridgehead atoms. The Bertz CT molecular complexity index is 409. The molecule has 0 aliphatic heterocycles. The highest BCUT2D eigenvalue weighted by Crippen LogP contribution is 2.19. The molecule has 1 aromatic heterocycles. The molecule has 1 amide bonds. The predicted molar refractivity (Wildman–Crippen MR) is 71.4 cm³/mol. The first-order valence-electron chi connectivity index (χ1n) is 5.80. The zero-order valence-electron chi connectivity index (χ0n) is 11.0. The summed E-state index contributed by atoms with van der Waals surface area (Å²) in [5, 5.41) is 5.73. The van der Waals surface area contributed by atoms with E-state index >= 15 is 0 Å². The Labute approximate surface area is 107 Å². The van der Waals surface area contributed by atoms with Crippen molar-refractivity contribution >= 4 is 17.4 Å². The quantitative estimate of drug-likeness (QED) is 0.643. The van der Waals surface area contributed by atoms with Gasteiger partial charge >= 0.3 is 0 Å². The van der Waals surface area contributed by atoms with E-state index in [0.717, 1.165) is 5.56 Å². The van der Waals surface area contributed by atoms with E-state index in [9.17, 15) is 4.79 Å². The van der Waals surface area contributed by atoms with Gasteiger partial charge in [0.05, 0.1) is 12.3 Å². The summed E-state index contributed by atoms with van der Waals surface area (Å²) in [5.41, 5.74) is 7.37. The van der Waals surface area contributed by atoms with Crippen molar-refractivity contribution in [2.45, 2.75) is 19.9 Å². The van der Waals surface area contributed by atoms with Gasteiger partial charge in [-0.25, -0.2) is 4.98 Å². The predicted octanol–water partition coefficient (Wildman–Crippen LogP) is 0.535. The summed E-state index contributed by atoms with van der Waals surface area (Å²) in [6, 6.07) is 1.42. The van der Waals surface area contributed by atoms with Gasteiger partial charge < -0.3 is 21.1 Å². The van der Waals surface area contributed by atoms with Crippen molar-refractivity contribution in [2.75, 3.05) is 31.3 Å². The molecule has 1 heterocycles. The monoisotopic (exact) mass is 252 g/mol. The van der Waals surface area contributed by atoms with Crippen LogP contribution in [0, 0.1) is 6.92 Å². The second kappa shape index (κ2) is 6.80. The van der Waals surface area contributed by atoms with Crippen molar-refractivity contribution in [3.63, 3.8) is 0 Å². The number of hydrogen-bond acceptors (Lipinski definition) is 5. The first-order valence-corrected chi connectivity index (χ1v) is 5.80. The molecule has 0 saturated carbocycles. The van der Waals surface area contributed by atoms with E-state index < -0.39 is 6.04 Å². The lowest BCUT2D eigenvalue weighted by Crippen LogP contribution is -2.39. The fourth-order valence-electron chi connectivity index (χ4n) is 1.38. The average Bonchev–Trinajstić information content (AvgIpc) is 2.35. The highest BCUT2D eigenvalue weighted by Gasteiger charge is 2.14. The van der Waals surface area contributed by atoms with Crippen LogP contribution in [0.4, 0.5) is 11.5 Å². The maximum Gasteiger partial charge on any atom is 0.242 e. The van der Waals surface area contributed by atoms with E-state index in [-0.39, 0.29) is 5.91 Å². The molecule has 18 heavy (non-hydrogen) atoms. The number of anilines is 2. The number of nitrogen functional groups attached to an aromatic ring is 1. The molecule has 0 aliphatic rings. The number of hydrogen-bond donors (Lipinski definition) is 3. The molecule has 6 nitrogen and oxygen atoms in total. The van der Waals surface area contributed by atoms with Crippen LogP contribution in [-0.2, 0) is 9.53 Å². The first kappa shape index (κ1) is 14.2. The van der Waals surface area contributed by atoms with Crippen LogP contribution in [0.25, 0.3) is 0 Å². The molecule has 0 aliphatic carbocycles. The number of carbonyl (C=O) groups is 1. The number of pyridine rings is 1. The summed E-state index contributed by atoms with van der Waals surface area (Å²) in [7, 11) is 1.59. The Balaban J connectivity index is 2.56. The summed E-state index contributed by atoms with van der Waals surface area (Å²) >= 11 is 0. The Morgan fingerprint density at radius 1 is 1.61 bits per heavy atom. The second-order valence-electron chi connectivity index (χ2n) is 4.04. The van der Waals surface area contributed by atoms with Crippen LogP contribution in [0.15, 0.2) is 12.3 Å². The second-order valence-corrected chi connectivity index (χ2v) is 4.04. The molecule has 0 fully saturated rings. The molecule has 0 saturated heterocycles. The number of methoxy groups -OCH3 is 1. The molecule has 1 unspecified atom stereocenters. The molecule has 0 aromatic carbocycles. The van der Waals surface area contributed by atoms with Crippen LogP contribution < -0.4 is 16.4 Å². The van der Waals surface area contributed by atoms with Crippen molar-refractivity contribution in [3.05, 3.63) is 17.8 Å². The molecule has 4 N–H and O–H groups in total. The van der Waals surface area contributed by atoms with E-state index in [1.54, 1.807) is 20.2 Å². The maximum atomic E-state index is 11.7. The Hall–Kier alpha value is -1.82.